The number of rotatable bonds is 6. The lowest BCUT2D eigenvalue weighted by Gasteiger charge is -2.15. The van der Waals surface area contributed by atoms with Gasteiger partial charge in [0.05, 0.1) is 4.91 Å². The standard InChI is InChI=1S/C24H17FN2O3S2/c25-19-8-4-7-17(13-19)14-21-23(29)27(24(31)32-21)26-22(28)18-9-11-20(12-10-18)30-15-16-5-2-1-3-6-16/h1-14H,15H2,(H,26,28)/b21-14-. The average Bonchev–Trinajstić information content (AvgIpc) is 3.06. The maximum absolute atomic E-state index is 13.4. The Hall–Kier alpha value is -3.49. The maximum atomic E-state index is 13.4. The van der Waals surface area contributed by atoms with E-state index in [1.807, 2.05) is 30.3 Å². The fourth-order valence-corrected chi connectivity index (χ4v) is 4.10. The Morgan fingerprint density at radius 3 is 2.53 bits per heavy atom. The number of halogens is 1. The van der Waals surface area contributed by atoms with Crippen LogP contribution in [0.15, 0.2) is 83.8 Å². The third kappa shape index (κ3) is 5.22. The summed E-state index contributed by atoms with van der Waals surface area (Å²) in [4.78, 5) is 25.6. The Labute approximate surface area is 193 Å². The number of carbonyl (C=O) groups excluding carboxylic acids is 2. The van der Waals surface area contributed by atoms with E-state index in [1.54, 1.807) is 36.4 Å². The lowest BCUT2D eigenvalue weighted by atomic mass is 10.2. The molecule has 2 amide bonds. The Balaban J connectivity index is 1.39. The number of nitrogens with one attached hydrogen (secondary N) is 1. The molecule has 0 aromatic heterocycles. The van der Waals surface area contributed by atoms with Crippen molar-refractivity contribution in [1.29, 1.82) is 0 Å². The second kappa shape index (κ2) is 9.76. The summed E-state index contributed by atoms with van der Waals surface area (Å²) < 4.78 is 19.3. The molecule has 1 fully saturated rings. The van der Waals surface area contributed by atoms with Crippen LogP contribution in [0.5, 0.6) is 5.75 Å². The Morgan fingerprint density at radius 1 is 1.06 bits per heavy atom. The lowest BCUT2D eigenvalue weighted by Crippen LogP contribution is -2.44. The number of thiocarbonyl (C=S) groups is 1. The molecule has 4 rings (SSSR count). The minimum absolute atomic E-state index is 0.189. The molecular formula is C24H17FN2O3S2. The van der Waals surface area contributed by atoms with Gasteiger partial charge in [-0.15, -0.1) is 0 Å². The van der Waals surface area contributed by atoms with Gasteiger partial charge < -0.3 is 4.74 Å². The van der Waals surface area contributed by atoms with E-state index in [2.05, 4.69) is 5.43 Å². The van der Waals surface area contributed by atoms with Gasteiger partial charge in [-0.25, -0.2) is 4.39 Å². The molecule has 0 aliphatic carbocycles. The van der Waals surface area contributed by atoms with Crippen molar-refractivity contribution in [3.8, 4) is 5.75 Å². The van der Waals surface area contributed by atoms with Crippen LogP contribution in [0.2, 0.25) is 0 Å². The van der Waals surface area contributed by atoms with E-state index < -0.39 is 17.6 Å². The number of thioether (sulfide) groups is 1. The van der Waals surface area contributed by atoms with E-state index in [-0.39, 0.29) is 4.32 Å². The largest absolute Gasteiger partial charge is 0.489 e. The smallest absolute Gasteiger partial charge is 0.285 e. The summed E-state index contributed by atoms with van der Waals surface area (Å²) in [5.41, 5.74) is 4.44. The highest BCUT2D eigenvalue weighted by molar-refractivity contribution is 8.26. The quantitative estimate of drug-likeness (QED) is 0.413. The van der Waals surface area contributed by atoms with Crippen LogP contribution in [0.25, 0.3) is 6.08 Å². The first kappa shape index (κ1) is 21.7. The van der Waals surface area contributed by atoms with Crippen LogP contribution >= 0.6 is 24.0 Å². The molecular weight excluding hydrogens is 447 g/mol. The molecule has 8 heteroatoms. The molecule has 0 spiro atoms. The molecule has 0 atom stereocenters. The molecule has 160 valence electrons. The summed E-state index contributed by atoms with van der Waals surface area (Å²) in [7, 11) is 0. The first-order valence-electron chi connectivity index (χ1n) is 9.61. The van der Waals surface area contributed by atoms with Gasteiger partial charge in [0.25, 0.3) is 11.8 Å². The molecule has 1 N–H and O–H groups in total. The van der Waals surface area contributed by atoms with Crippen LogP contribution in [0.4, 0.5) is 4.39 Å². The molecule has 0 saturated carbocycles. The highest BCUT2D eigenvalue weighted by Gasteiger charge is 2.33. The highest BCUT2D eigenvalue weighted by atomic mass is 32.2. The molecule has 1 aliphatic rings. The van der Waals surface area contributed by atoms with Crippen molar-refractivity contribution in [2.45, 2.75) is 6.61 Å². The van der Waals surface area contributed by atoms with E-state index in [9.17, 15) is 14.0 Å². The molecule has 0 bridgehead atoms. The fourth-order valence-electron chi connectivity index (χ4n) is 2.92. The predicted molar refractivity (Wildman–Crippen MR) is 126 cm³/mol. The van der Waals surface area contributed by atoms with Crippen LogP contribution < -0.4 is 10.2 Å². The predicted octanol–water partition coefficient (Wildman–Crippen LogP) is 4.95. The summed E-state index contributed by atoms with van der Waals surface area (Å²) >= 11 is 6.26. The van der Waals surface area contributed by atoms with Crippen LogP contribution in [0, 0.1) is 5.82 Å². The van der Waals surface area contributed by atoms with Crippen LogP contribution in [0.1, 0.15) is 21.5 Å². The number of carbonyl (C=O) groups is 2. The molecule has 1 aliphatic heterocycles. The normalized spacial score (nSPS) is 14.7. The SMILES string of the molecule is O=C(NN1C(=O)/C(=C/c2cccc(F)c2)SC1=S)c1ccc(OCc2ccccc2)cc1. The summed E-state index contributed by atoms with van der Waals surface area (Å²) in [5, 5.41) is 1.02. The van der Waals surface area contributed by atoms with Crippen molar-refractivity contribution < 1.29 is 18.7 Å². The Kier molecular flexibility index (Phi) is 6.63. The second-order valence-electron chi connectivity index (χ2n) is 6.81. The molecule has 3 aromatic rings. The summed E-state index contributed by atoms with van der Waals surface area (Å²) in [6.45, 7) is 0.417. The third-order valence-electron chi connectivity index (χ3n) is 4.52. The van der Waals surface area contributed by atoms with Crippen molar-refractivity contribution in [2.24, 2.45) is 0 Å². The second-order valence-corrected chi connectivity index (χ2v) is 8.49. The van der Waals surface area contributed by atoms with Gasteiger partial charge >= 0.3 is 0 Å². The Morgan fingerprint density at radius 2 is 1.81 bits per heavy atom. The van der Waals surface area contributed by atoms with Gasteiger partial charge in [0.2, 0.25) is 0 Å². The van der Waals surface area contributed by atoms with Gasteiger partial charge in [-0.3, -0.25) is 15.0 Å². The number of hydrazine groups is 1. The Bertz CT molecular complexity index is 1200. The maximum Gasteiger partial charge on any atom is 0.285 e. The van der Waals surface area contributed by atoms with Crippen LogP contribution in [-0.2, 0) is 11.4 Å². The molecule has 1 heterocycles. The first-order chi connectivity index (χ1) is 15.5. The van der Waals surface area contributed by atoms with E-state index in [0.717, 1.165) is 22.3 Å². The summed E-state index contributed by atoms with van der Waals surface area (Å²) in [6, 6.07) is 22.2. The minimum atomic E-state index is -0.483. The fraction of sp³-hybridized carbons (Fsp3) is 0.0417. The summed E-state index contributed by atoms with van der Waals surface area (Å²) in [5.74, 6) is -0.740. The van der Waals surface area contributed by atoms with Crippen molar-refractivity contribution in [2.75, 3.05) is 0 Å². The summed E-state index contributed by atoms with van der Waals surface area (Å²) in [6.07, 6.45) is 1.54. The molecule has 0 unspecified atom stereocenters. The van der Waals surface area contributed by atoms with Gasteiger partial charge in [0.15, 0.2) is 4.32 Å². The molecule has 32 heavy (non-hydrogen) atoms. The van der Waals surface area contributed by atoms with Crippen molar-refractivity contribution in [3.05, 3.63) is 106 Å². The van der Waals surface area contributed by atoms with Gasteiger partial charge in [-0.2, -0.15) is 5.01 Å². The zero-order valence-corrected chi connectivity index (χ0v) is 18.3. The van der Waals surface area contributed by atoms with Crippen molar-refractivity contribution >= 4 is 46.2 Å². The van der Waals surface area contributed by atoms with E-state index in [1.165, 1.54) is 18.2 Å². The molecule has 1 saturated heterocycles. The number of ether oxygens (including phenoxy) is 1. The number of amides is 2. The van der Waals surface area contributed by atoms with Gasteiger partial charge in [0, 0.05) is 5.56 Å². The number of hydrogen-bond acceptors (Lipinski definition) is 5. The highest BCUT2D eigenvalue weighted by Crippen LogP contribution is 2.31. The zero-order valence-electron chi connectivity index (χ0n) is 16.7. The van der Waals surface area contributed by atoms with E-state index in [4.69, 9.17) is 17.0 Å². The van der Waals surface area contributed by atoms with E-state index >= 15 is 0 Å². The first-order valence-corrected chi connectivity index (χ1v) is 10.8. The number of benzene rings is 3. The number of hydrogen-bond donors (Lipinski definition) is 1. The number of nitrogens with zero attached hydrogens (tertiary/aromatic N) is 1. The topological polar surface area (TPSA) is 58.6 Å². The average molecular weight is 465 g/mol. The lowest BCUT2D eigenvalue weighted by molar-refractivity contribution is -0.123. The van der Waals surface area contributed by atoms with Crippen LogP contribution in [0.3, 0.4) is 0 Å². The minimum Gasteiger partial charge on any atom is -0.489 e. The van der Waals surface area contributed by atoms with Gasteiger partial charge in [0.1, 0.15) is 18.2 Å². The van der Waals surface area contributed by atoms with E-state index in [0.29, 0.717) is 28.4 Å². The molecule has 5 nitrogen and oxygen atoms in total. The molecule has 0 radical (unpaired) electrons. The molecule has 3 aromatic carbocycles. The zero-order chi connectivity index (χ0) is 22.5. The van der Waals surface area contributed by atoms with Gasteiger partial charge in [-0.1, -0.05) is 54.2 Å². The third-order valence-corrected chi connectivity index (χ3v) is 5.82. The monoisotopic (exact) mass is 464 g/mol. The van der Waals surface area contributed by atoms with Crippen molar-refractivity contribution in [1.82, 2.24) is 10.4 Å². The van der Waals surface area contributed by atoms with Crippen LogP contribution in [-0.4, -0.2) is 21.1 Å². The van der Waals surface area contributed by atoms with Crippen molar-refractivity contribution in [3.63, 3.8) is 0 Å². The van der Waals surface area contributed by atoms with Gasteiger partial charge in [-0.05, 0) is 65.8 Å².